The van der Waals surface area contributed by atoms with Crippen LogP contribution < -0.4 is 56.5 Å². The van der Waals surface area contributed by atoms with Gasteiger partial charge in [0.2, 0.25) is 0 Å². The molecule has 14 heavy (non-hydrogen) atoms. The van der Waals surface area contributed by atoms with E-state index in [-0.39, 0.29) is 63.5 Å². The van der Waals surface area contributed by atoms with Gasteiger partial charge in [0.15, 0.2) is 0 Å². The molecule has 1 aromatic carbocycles. The molecule has 0 saturated carbocycles. The molecule has 0 spiro atoms. The molecule has 0 aliphatic rings. The Balaban J connectivity index is 0.00000169. The molecule has 5 nitrogen and oxygen atoms in total. The van der Waals surface area contributed by atoms with Gasteiger partial charge >= 0.3 is 51.4 Å². The van der Waals surface area contributed by atoms with Crippen molar-refractivity contribution in [2.75, 3.05) is 0 Å². The summed E-state index contributed by atoms with van der Waals surface area (Å²) in [5.74, 6) is -1.20. The number of benzene rings is 1. The monoisotopic (exact) mass is 219 g/mol. The minimum Gasteiger partial charge on any atom is -0.550 e. The van der Waals surface area contributed by atoms with E-state index in [1.807, 2.05) is 0 Å². The first-order chi connectivity index (χ1) is 6.09. The van der Waals surface area contributed by atoms with Gasteiger partial charge in [0.1, 0.15) is 0 Å². The molecule has 0 amide bonds. The quantitative estimate of drug-likeness (QED) is 0.306. The van der Waals surface area contributed by atoms with E-state index < -0.39 is 10.9 Å². The zero-order valence-electron chi connectivity index (χ0n) is 7.60. The van der Waals surface area contributed by atoms with Crippen molar-refractivity contribution in [3.63, 3.8) is 0 Å². The van der Waals surface area contributed by atoms with E-state index in [1.165, 1.54) is 24.3 Å². The second kappa shape index (κ2) is 6.26. The minimum absolute atomic E-state index is 0. The van der Waals surface area contributed by atoms with Crippen LogP contribution >= 0.6 is 0 Å². The summed E-state index contributed by atoms with van der Waals surface area (Å²) in [5, 5.41) is 20.4. The van der Waals surface area contributed by atoms with Gasteiger partial charge in [-0.1, -0.05) is 12.1 Å². The SMILES string of the molecule is O=C([O-])Cc1ccc([N+](=O)[O-])cc1.[K+]. The Morgan fingerprint density at radius 3 is 2.14 bits per heavy atom. The third-order valence-electron chi connectivity index (χ3n) is 1.50. The topological polar surface area (TPSA) is 83.3 Å². The van der Waals surface area contributed by atoms with Crippen LogP contribution in [-0.2, 0) is 11.2 Å². The number of aliphatic carboxylic acids is 1. The van der Waals surface area contributed by atoms with E-state index in [1.54, 1.807) is 0 Å². The molecule has 0 fully saturated rings. The molecular weight excluding hydrogens is 213 g/mol. The summed E-state index contributed by atoms with van der Waals surface area (Å²) in [4.78, 5) is 19.8. The number of nitro groups is 1. The molecule has 0 unspecified atom stereocenters. The molecule has 0 heterocycles. The molecule has 0 N–H and O–H groups in total. The molecule has 6 heteroatoms. The summed E-state index contributed by atoms with van der Waals surface area (Å²) >= 11 is 0. The van der Waals surface area contributed by atoms with Crippen molar-refractivity contribution in [1.29, 1.82) is 0 Å². The van der Waals surface area contributed by atoms with Crippen LogP contribution in [-0.4, -0.2) is 10.9 Å². The number of carbonyl (C=O) groups is 1. The van der Waals surface area contributed by atoms with E-state index in [0.717, 1.165) is 0 Å². The molecule has 0 bridgehead atoms. The average Bonchev–Trinajstić information content (AvgIpc) is 2.04. The molecule has 0 saturated heterocycles. The minimum atomic E-state index is -1.20. The van der Waals surface area contributed by atoms with E-state index in [0.29, 0.717) is 5.56 Å². The standard InChI is InChI=1S/C8H7NO4.K/c10-8(11)5-6-1-3-7(4-2-6)9(12)13;/h1-4H,5H2,(H,10,11);/q;+1/p-1. The van der Waals surface area contributed by atoms with Crippen LogP contribution in [0.2, 0.25) is 0 Å². The zero-order chi connectivity index (χ0) is 9.84. The first kappa shape index (κ1) is 13.7. The average molecular weight is 219 g/mol. The van der Waals surface area contributed by atoms with Crippen LogP contribution in [0.15, 0.2) is 24.3 Å². The van der Waals surface area contributed by atoms with Gasteiger partial charge in [-0.15, -0.1) is 0 Å². The Kier molecular flexibility index (Phi) is 6.13. The maximum atomic E-state index is 10.2. The zero-order valence-corrected chi connectivity index (χ0v) is 10.7. The number of nitro benzene ring substituents is 1. The smallest absolute Gasteiger partial charge is 0.550 e. The maximum Gasteiger partial charge on any atom is 1.00 e. The van der Waals surface area contributed by atoms with Gasteiger partial charge in [0.05, 0.1) is 4.92 Å². The number of carboxylic acids is 1. The van der Waals surface area contributed by atoms with Gasteiger partial charge in [-0.2, -0.15) is 0 Å². The summed E-state index contributed by atoms with van der Waals surface area (Å²) in [6.07, 6.45) is -0.224. The summed E-state index contributed by atoms with van der Waals surface area (Å²) < 4.78 is 0. The second-order valence-corrected chi connectivity index (χ2v) is 2.47. The molecule has 0 aliphatic carbocycles. The molecule has 0 aliphatic heterocycles. The number of hydrogen-bond acceptors (Lipinski definition) is 4. The van der Waals surface area contributed by atoms with Gasteiger partial charge in [-0.3, -0.25) is 10.1 Å². The molecule has 1 aromatic rings. The van der Waals surface area contributed by atoms with Gasteiger partial charge in [-0.05, 0) is 5.56 Å². The maximum absolute atomic E-state index is 10.2. The van der Waals surface area contributed by atoms with Crippen LogP contribution in [0.1, 0.15) is 5.56 Å². The van der Waals surface area contributed by atoms with Crippen LogP contribution in [0, 0.1) is 10.1 Å². The number of carboxylic acid groups (broad SMARTS) is 1. The molecule has 0 aromatic heterocycles. The summed E-state index contributed by atoms with van der Waals surface area (Å²) in [5.41, 5.74) is 0.438. The van der Waals surface area contributed by atoms with Gasteiger partial charge in [-0.25, -0.2) is 0 Å². The fraction of sp³-hybridized carbons (Fsp3) is 0.125. The van der Waals surface area contributed by atoms with Crippen molar-refractivity contribution in [3.05, 3.63) is 39.9 Å². The number of hydrogen-bond donors (Lipinski definition) is 0. The van der Waals surface area contributed by atoms with Gasteiger partial charge < -0.3 is 9.90 Å². The number of rotatable bonds is 3. The van der Waals surface area contributed by atoms with Crippen LogP contribution in [0.3, 0.4) is 0 Å². The van der Waals surface area contributed by atoms with E-state index >= 15 is 0 Å². The van der Waals surface area contributed by atoms with Crippen LogP contribution in [0.5, 0.6) is 0 Å². The largest absolute Gasteiger partial charge is 1.00 e. The van der Waals surface area contributed by atoms with E-state index in [4.69, 9.17) is 0 Å². The molecule has 68 valence electrons. The Labute approximate surface area is 123 Å². The Morgan fingerprint density at radius 2 is 1.79 bits per heavy atom. The normalized spacial score (nSPS) is 8.86. The first-order valence-electron chi connectivity index (χ1n) is 3.53. The van der Waals surface area contributed by atoms with Crippen molar-refractivity contribution >= 4 is 11.7 Å². The van der Waals surface area contributed by atoms with Crippen molar-refractivity contribution in [2.24, 2.45) is 0 Å². The third kappa shape index (κ3) is 4.29. The molecular formula is C8H6KNO4. The number of carbonyl (C=O) groups excluding carboxylic acids is 1. The van der Waals surface area contributed by atoms with Crippen LogP contribution in [0.4, 0.5) is 5.69 Å². The number of nitrogens with zero attached hydrogens (tertiary/aromatic N) is 1. The Bertz CT molecular complexity index is 336. The van der Waals surface area contributed by atoms with Crippen molar-refractivity contribution < 1.29 is 66.2 Å². The molecule has 0 atom stereocenters. The second-order valence-electron chi connectivity index (χ2n) is 2.47. The van der Waals surface area contributed by atoms with E-state index in [2.05, 4.69) is 0 Å². The van der Waals surface area contributed by atoms with Gasteiger partial charge in [0.25, 0.3) is 5.69 Å². The fourth-order valence-corrected chi connectivity index (χ4v) is 0.902. The Morgan fingerprint density at radius 1 is 1.29 bits per heavy atom. The van der Waals surface area contributed by atoms with Crippen molar-refractivity contribution in [1.82, 2.24) is 0 Å². The predicted molar refractivity (Wildman–Crippen MR) is 41.8 cm³/mol. The predicted octanol–water partition coefficient (Wildman–Crippen LogP) is -3.11. The van der Waals surface area contributed by atoms with Gasteiger partial charge in [0, 0.05) is 24.5 Å². The summed E-state index contributed by atoms with van der Waals surface area (Å²) in [7, 11) is 0. The van der Waals surface area contributed by atoms with Crippen molar-refractivity contribution in [3.8, 4) is 0 Å². The van der Waals surface area contributed by atoms with Crippen molar-refractivity contribution in [2.45, 2.75) is 6.42 Å². The number of non-ortho nitro benzene ring substituents is 1. The molecule has 1 rings (SSSR count). The molecule has 0 radical (unpaired) electrons. The van der Waals surface area contributed by atoms with E-state index in [9.17, 15) is 20.0 Å². The first-order valence-corrected chi connectivity index (χ1v) is 3.53. The Hall–Kier alpha value is -0.274. The third-order valence-corrected chi connectivity index (χ3v) is 1.50. The summed E-state index contributed by atoms with van der Waals surface area (Å²) in [6.45, 7) is 0. The van der Waals surface area contributed by atoms with Crippen LogP contribution in [0.25, 0.3) is 0 Å². The summed E-state index contributed by atoms with van der Waals surface area (Å²) in [6, 6.07) is 5.32. The fourth-order valence-electron chi connectivity index (χ4n) is 0.902.